The minimum Gasteiger partial charge on any atom is -0.497 e. The second kappa shape index (κ2) is 8.41. The van der Waals surface area contributed by atoms with E-state index in [-0.39, 0.29) is 18.3 Å². The number of carbonyl (C=O) groups excluding carboxylic acids is 1. The van der Waals surface area contributed by atoms with Crippen LogP contribution in [0.15, 0.2) is 57.7 Å². The van der Waals surface area contributed by atoms with Gasteiger partial charge < -0.3 is 14.0 Å². The predicted molar refractivity (Wildman–Crippen MR) is 106 cm³/mol. The van der Waals surface area contributed by atoms with E-state index < -0.39 is 0 Å². The molecule has 0 N–H and O–H groups in total. The van der Waals surface area contributed by atoms with Crippen LogP contribution in [-0.4, -0.2) is 34.0 Å². The third kappa shape index (κ3) is 4.15. The van der Waals surface area contributed by atoms with Gasteiger partial charge in [-0.15, -0.1) is 11.3 Å². The molecule has 3 aromatic heterocycles. The molecule has 0 saturated carbocycles. The molecule has 0 unspecified atom stereocenters. The third-order valence-electron chi connectivity index (χ3n) is 3.87. The van der Waals surface area contributed by atoms with E-state index in [1.807, 2.05) is 35.7 Å². The Morgan fingerprint density at radius 3 is 2.89 bits per heavy atom. The Labute approximate surface area is 168 Å². The van der Waals surface area contributed by atoms with Crippen molar-refractivity contribution in [1.29, 1.82) is 0 Å². The van der Waals surface area contributed by atoms with Crippen LogP contribution >= 0.6 is 23.1 Å². The Balaban J connectivity index is 1.31. The molecule has 0 aliphatic carbocycles. The van der Waals surface area contributed by atoms with E-state index in [1.165, 1.54) is 29.4 Å². The molecule has 0 amide bonds. The number of hydrogen-bond donors (Lipinski definition) is 0. The first kappa shape index (κ1) is 18.5. The number of methoxy groups -OCH3 is 1. The van der Waals surface area contributed by atoms with Crippen LogP contribution in [0.3, 0.4) is 0 Å². The first-order chi connectivity index (χ1) is 13.7. The van der Waals surface area contributed by atoms with Gasteiger partial charge in [0.1, 0.15) is 27.6 Å². The van der Waals surface area contributed by atoms with E-state index in [0.717, 1.165) is 26.6 Å². The van der Waals surface area contributed by atoms with Crippen LogP contribution in [-0.2, 0) is 16.1 Å². The van der Waals surface area contributed by atoms with Crippen LogP contribution in [0.25, 0.3) is 21.5 Å². The van der Waals surface area contributed by atoms with Crippen molar-refractivity contribution >= 4 is 39.3 Å². The molecule has 28 heavy (non-hydrogen) atoms. The Hall–Kier alpha value is -2.91. The van der Waals surface area contributed by atoms with Gasteiger partial charge in [0.05, 0.1) is 12.9 Å². The van der Waals surface area contributed by atoms with Gasteiger partial charge in [0.25, 0.3) is 0 Å². The van der Waals surface area contributed by atoms with E-state index in [2.05, 4.69) is 15.1 Å². The Bertz CT molecular complexity index is 1090. The molecule has 4 rings (SSSR count). The molecule has 4 aromatic rings. The molecule has 3 heterocycles. The minimum atomic E-state index is -0.352. The summed E-state index contributed by atoms with van der Waals surface area (Å²) >= 11 is 2.87. The van der Waals surface area contributed by atoms with Crippen LogP contribution < -0.4 is 4.74 Å². The van der Waals surface area contributed by atoms with E-state index in [0.29, 0.717) is 11.5 Å². The summed E-state index contributed by atoms with van der Waals surface area (Å²) in [6.07, 6.45) is 1.50. The van der Waals surface area contributed by atoms with Crippen molar-refractivity contribution in [2.24, 2.45) is 0 Å². The van der Waals surface area contributed by atoms with Crippen molar-refractivity contribution in [3.8, 4) is 17.0 Å². The first-order valence-electron chi connectivity index (χ1n) is 8.29. The molecule has 7 nitrogen and oxygen atoms in total. The number of nitrogens with zero attached hydrogens (tertiary/aromatic N) is 3. The average Bonchev–Trinajstić information content (AvgIpc) is 3.40. The van der Waals surface area contributed by atoms with Crippen LogP contribution in [0.4, 0.5) is 0 Å². The quantitative estimate of drug-likeness (QED) is 0.253. The van der Waals surface area contributed by atoms with Crippen molar-refractivity contribution in [2.75, 3.05) is 12.9 Å². The molecule has 0 bridgehead atoms. The Morgan fingerprint density at radius 1 is 1.21 bits per heavy atom. The largest absolute Gasteiger partial charge is 0.497 e. The number of aromatic nitrogens is 3. The number of ether oxygens (including phenoxy) is 2. The van der Waals surface area contributed by atoms with Gasteiger partial charge in [-0.2, -0.15) is 0 Å². The Morgan fingerprint density at radius 2 is 2.07 bits per heavy atom. The maximum Gasteiger partial charge on any atom is 0.316 e. The van der Waals surface area contributed by atoms with Crippen LogP contribution in [0, 0.1) is 0 Å². The molecule has 0 saturated heterocycles. The van der Waals surface area contributed by atoms with Crippen molar-refractivity contribution in [2.45, 2.75) is 11.6 Å². The number of thioether (sulfide) groups is 1. The van der Waals surface area contributed by atoms with Crippen molar-refractivity contribution < 1.29 is 18.8 Å². The number of thiophene rings is 1. The molecule has 0 fully saturated rings. The fraction of sp³-hybridized carbons (Fsp3) is 0.158. The molecule has 142 valence electrons. The highest BCUT2D eigenvalue weighted by molar-refractivity contribution is 8.00. The van der Waals surface area contributed by atoms with Gasteiger partial charge in [0.15, 0.2) is 12.4 Å². The second-order valence-electron chi connectivity index (χ2n) is 5.67. The molecule has 0 aliphatic rings. The van der Waals surface area contributed by atoms with Crippen LogP contribution in [0.5, 0.6) is 5.75 Å². The zero-order valence-electron chi connectivity index (χ0n) is 14.8. The smallest absolute Gasteiger partial charge is 0.316 e. The number of esters is 1. The van der Waals surface area contributed by atoms with Gasteiger partial charge in [-0.05, 0) is 35.7 Å². The van der Waals surface area contributed by atoms with Gasteiger partial charge >= 0.3 is 5.97 Å². The highest BCUT2D eigenvalue weighted by Gasteiger charge is 2.12. The van der Waals surface area contributed by atoms with E-state index in [9.17, 15) is 4.79 Å². The van der Waals surface area contributed by atoms with Gasteiger partial charge in [0, 0.05) is 17.0 Å². The molecular formula is C19H15N3O4S2. The highest BCUT2D eigenvalue weighted by Crippen LogP contribution is 2.28. The van der Waals surface area contributed by atoms with E-state index >= 15 is 0 Å². The fourth-order valence-corrected chi connectivity index (χ4v) is 4.06. The lowest BCUT2D eigenvalue weighted by atomic mass is 10.1. The monoisotopic (exact) mass is 413 g/mol. The highest BCUT2D eigenvalue weighted by atomic mass is 32.2. The zero-order chi connectivity index (χ0) is 19.3. The summed E-state index contributed by atoms with van der Waals surface area (Å²) in [4.78, 5) is 21.4. The topological polar surface area (TPSA) is 87.3 Å². The lowest BCUT2D eigenvalue weighted by molar-refractivity contribution is -0.142. The molecule has 9 heteroatoms. The first-order valence-corrected chi connectivity index (χ1v) is 10.2. The number of hydrogen-bond acceptors (Lipinski definition) is 9. The van der Waals surface area contributed by atoms with Gasteiger partial charge in [0.2, 0.25) is 0 Å². The summed E-state index contributed by atoms with van der Waals surface area (Å²) in [5, 5.41) is 7.68. The summed E-state index contributed by atoms with van der Waals surface area (Å²) < 4.78 is 15.7. The standard InChI is InChI=1S/C19H15N3O4S2/c1-24-13-4-2-12(3-5-13)16-8-14(26-22-16)9-25-17(23)10-28-19-15-6-7-27-18(15)20-11-21-19/h2-8,11H,9-10H2,1H3. The lowest BCUT2D eigenvalue weighted by Crippen LogP contribution is -2.07. The molecule has 0 aliphatic heterocycles. The number of fused-ring (bicyclic) bond motifs is 1. The van der Waals surface area contributed by atoms with Gasteiger partial charge in [-0.25, -0.2) is 9.97 Å². The lowest BCUT2D eigenvalue weighted by Gasteiger charge is -2.03. The van der Waals surface area contributed by atoms with E-state index in [4.69, 9.17) is 14.0 Å². The predicted octanol–water partition coefficient (Wildman–Crippen LogP) is 4.19. The molecule has 0 radical (unpaired) electrons. The summed E-state index contributed by atoms with van der Waals surface area (Å²) in [6.45, 7) is 0.0280. The third-order valence-corrected chi connectivity index (χ3v) is 5.67. The van der Waals surface area contributed by atoms with Crippen molar-refractivity contribution in [3.05, 3.63) is 53.9 Å². The van der Waals surface area contributed by atoms with Gasteiger partial charge in [-0.1, -0.05) is 16.9 Å². The SMILES string of the molecule is COc1ccc(-c2cc(COC(=O)CSc3ncnc4sccc34)on2)cc1. The summed E-state index contributed by atoms with van der Waals surface area (Å²) in [7, 11) is 1.61. The number of rotatable bonds is 7. The normalized spacial score (nSPS) is 10.9. The summed E-state index contributed by atoms with van der Waals surface area (Å²) in [5.74, 6) is 1.05. The Kier molecular flexibility index (Phi) is 5.54. The van der Waals surface area contributed by atoms with Gasteiger partial charge in [-0.3, -0.25) is 4.79 Å². The molecule has 0 atom stereocenters. The number of carbonyl (C=O) groups is 1. The van der Waals surface area contributed by atoms with Crippen LogP contribution in [0.2, 0.25) is 0 Å². The fourth-order valence-electron chi connectivity index (χ4n) is 2.48. The maximum absolute atomic E-state index is 12.1. The summed E-state index contributed by atoms with van der Waals surface area (Å²) in [5.41, 5.74) is 1.56. The minimum absolute atomic E-state index is 0.0280. The second-order valence-corrected chi connectivity index (χ2v) is 7.53. The van der Waals surface area contributed by atoms with E-state index in [1.54, 1.807) is 13.2 Å². The molecular weight excluding hydrogens is 398 g/mol. The van der Waals surface area contributed by atoms with Crippen LogP contribution in [0.1, 0.15) is 5.76 Å². The molecule has 0 spiro atoms. The average molecular weight is 413 g/mol. The van der Waals surface area contributed by atoms with Crippen molar-refractivity contribution in [1.82, 2.24) is 15.1 Å². The molecule has 1 aromatic carbocycles. The maximum atomic E-state index is 12.1. The number of benzene rings is 1. The van der Waals surface area contributed by atoms with Crippen molar-refractivity contribution in [3.63, 3.8) is 0 Å². The summed E-state index contributed by atoms with van der Waals surface area (Å²) in [6, 6.07) is 11.2. The zero-order valence-corrected chi connectivity index (χ0v) is 16.5.